The molecular weight excluding hydrogens is 331 g/mol. The SMILES string of the molecule is CCNC(=NCc1ccc(N(C)C)c(F)c1)NC1CCS(=O)(=O)C1. The quantitative estimate of drug-likeness (QED) is 0.611. The van der Waals surface area contributed by atoms with Crippen molar-refractivity contribution in [1.29, 1.82) is 0 Å². The van der Waals surface area contributed by atoms with Crippen molar-refractivity contribution in [3.63, 3.8) is 0 Å². The zero-order valence-electron chi connectivity index (χ0n) is 14.3. The van der Waals surface area contributed by atoms with Crippen molar-refractivity contribution in [2.45, 2.75) is 25.9 Å². The molecule has 1 fully saturated rings. The van der Waals surface area contributed by atoms with E-state index in [-0.39, 0.29) is 23.4 Å². The van der Waals surface area contributed by atoms with Crippen molar-refractivity contribution >= 4 is 21.5 Å². The van der Waals surface area contributed by atoms with E-state index in [4.69, 9.17) is 0 Å². The molecule has 1 unspecified atom stereocenters. The molecule has 1 heterocycles. The number of anilines is 1. The van der Waals surface area contributed by atoms with E-state index in [0.29, 0.717) is 31.2 Å². The van der Waals surface area contributed by atoms with Crippen LogP contribution < -0.4 is 15.5 Å². The van der Waals surface area contributed by atoms with Gasteiger partial charge in [-0.3, -0.25) is 0 Å². The average molecular weight is 356 g/mol. The minimum atomic E-state index is -2.94. The van der Waals surface area contributed by atoms with E-state index in [1.807, 2.05) is 13.0 Å². The van der Waals surface area contributed by atoms with E-state index in [0.717, 1.165) is 5.56 Å². The molecule has 1 saturated heterocycles. The molecule has 134 valence electrons. The lowest BCUT2D eigenvalue weighted by Crippen LogP contribution is -2.44. The third-order valence-corrected chi connectivity index (χ3v) is 5.60. The van der Waals surface area contributed by atoms with Gasteiger partial charge in [-0.05, 0) is 31.0 Å². The molecule has 0 saturated carbocycles. The maximum Gasteiger partial charge on any atom is 0.191 e. The van der Waals surface area contributed by atoms with E-state index in [2.05, 4.69) is 15.6 Å². The molecule has 0 radical (unpaired) electrons. The van der Waals surface area contributed by atoms with Crippen LogP contribution in [-0.4, -0.2) is 52.6 Å². The molecule has 0 aromatic heterocycles. The summed E-state index contributed by atoms with van der Waals surface area (Å²) < 4.78 is 37.1. The van der Waals surface area contributed by atoms with Gasteiger partial charge in [-0.1, -0.05) is 6.07 Å². The monoisotopic (exact) mass is 356 g/mol. The number of halogens is 1. The second kappa shape index (κ2) is 7.83. The van der Waals surface area contributed by atoms with Crippen LogP contribution in [-0.2, 0) is 16.4 Å². The first-order valence-corrected chi connectivity index (χ1v) is 9.84. The lowest BCUT2D eigenvalue weighted by molar-refractivity contribution is 0.599. The van der Waals surface area contributed by atoms with E-state index in [1.165, 1.54) is 6.07 Å². The molecule has 2 rings (SSSR count). The van der Waals surface area contributed by atoms with Crippen LogP contribution in [0.1, 0.15) is 18.9 Å². The Hall–Kier alpha value is -1.83. The van der Waals surface area contributed by atoms with Crippen molar-refractivity contribution in [2.75, 3.05) is 37.0 Å². The van der Waals surface area contributed by atoms with Gasteiger partial charge >= 0.3 is 0 Å². The predicted molar refractivity (Wildman–Crippen MR) is 95.7 cm³/mol. The number of hydrogen-bond donors (Lipinski definition) is 2. The summed E-state index contributed by atoms with van der Waals surface area (Å²) in [6, 6.07) is 4.92. The lowest BCUT2D eigenvalue weighted by Gasteiger charge is -2.16. The maximum absolute atomic E-state index is 14.0. The number of benzene rings is 1. The number of sulfone groups is 1. The van der Waals surface area contributed by atoms with Gasteiger partial charge in [0.1, 0.15) is 5.82 Å². The van der Waals surface area contributed by atoms with Crippen LogP contribution in [0.2, 0.25) is 0 Å². The number of aliphatic imine (C=N–C) groups is 1. The summed E-state index contributed by atoms with van der Waals surface area (Å²) in [7, 11) is 0.640. The third kappa shape index (κ3) is 5.09. The van der Waals surface area contributed by atoms with Crippen LogP contribution in [0.3, 0.4) is 0 Å². The Bertz CT molecular complexity index is 704. The average Bonchev–Trinajstić information content (AvgIpc) is 2.83. The molecule has 1 aliphatic heterocycles. The summed E-state index contributed by atoms with van der Waals surface area (Å²) in [6.45, 7) is 2.92. The van der Waals surface area contributed by atoms with Crippen LogP contribution in [0.15, 0.2) is 23.2 Å². The molecular formula is C16H25FN4O2S. The second-order valence-corrected chi connectivity index (χ2v) is 8.35. The van der Waals surface area contributed by atoms with Crippen molar-refractivity contribution < 1.29 is 12.8 Å². The summed E-state index contributed by atoms with van der Waals surface area (Å²) in [4.78, 5) is 6.15. The predicted octanol–water partition coefficient (Wildman–Crippen LogP) is 1.13. The fraction of sp³-hybridized carbons (Fsp3) is 0.562. The highest BCUT2D eigenvalue weighted by Gasteiger charge is 2.28. The Morgan fingerprint density at radius 2 is 2.17 bits per heavy atom. The molecule has 0 amide bonds. The molecule has 8 heteroatoms. The fourth-order valence-corrected chi connectivity index (χ4v) is 4.28. The smallest absolute Gasteiger partial charge is 0.191 e. The minimum Gasteiger partial charge on any atom is -0.375 e. The first kappa shape index (κ1) is 18.5. The zero-order chi connectivity index (χ0) is 17.7. The van der Waals surface area contributed by atoms with Crippen LogP contribution in [0, 0.1) is 5.82 Å². The maximum atomic E-state index is 14.0. The minimum absolute atomic E-state index is 0.124. The van der Waals surface area contributed by atoms with Crippen LogP contribution >= 0.6 is 0 Å². The highest BCUT2D eigenvalue weighted by atomic mass is 32.2. The summed E-state index contributed by atoms with van der Waals surface area (Å²) in [5.41, 5.74) is 1.29. The van der Waals surface area contributed by atoms with Gasteiger partial charge in [0.2, 0.25) is 0 Å². The third-order valence-electron chi connectivity index (χ3n) is 3.83. The van der Waals surface area contributed by atoms with Crippen molar-refractivity contribution in [3.8, 4) is 0 Å². The first-order valence-electron chi connectivity index (χ1n) is 8.01. The van der Waals surface area contributed by atoms with Gasteiger partial charge in [-0.2, -0.15) is 0 Å². The van der Waals surface area contributed by atoms with Crippen molar-refractivity contribution in [3.05, 3.63) is 29.6 Å². The first-order chi connectivity index (χ1) is 11.3. The number of nitrogens with one attached hydrogen (secondary N) is 2. The van der Waals surface area contributed by atoms with Crippen LogP contribution in [0.25, 0.3) is 0 Å². The van der Waals surface area contributed by atoms with Crippen molar-refractivity contribution in [2.24, 2.45) is 4.99 Å². The summed E-state index contributed by atoms with van der Waals surface area (Å²) in [6.07, 6.45) is 0.582. The van der Waals surface area contributed by atoms with Gasteiger partial charge in [0, 0.05) is 26.7 Å². The Morgan fingerprint density at radius 3 is 2.71 bits per heavy atom. The largest absolute Gasteiger partial charge is 0.375 e. The van der Waals surface area contributed by atoms with E-state index >= 15 is 0 Å². The van der Waals surface area contributed by atoms with E-state index in [1.54, 1.807) is 25.1 Å². The van der Waals surface area contributed by atoms with Gasteiger partial charge in [-0.15, -0.1) is 0 Å². The summed E-state index contributed by atoms with van der Waals surface area (Å²) in [5.74, 6) is 0.606. The highest BCUT2D eigenvalue weighted by molar-refractivity contribution is 7.91. The van der Waals surface area contributed by atoms with Crippen LogP contribution in [0.4, 0.5) is 10.1 Å². The molecule has 6 nitrogen and oxygen atoms in total. The molecule has 2 N–H and O–H groups in total. The van der Waals surface area contributed by atoms with Gasteiger partial charge in [0.25, 0.3) is 0 Å². The molecule has 1 aromatic carbocycles. The number of hydrogen-bond acceptors (Lipinski definition) is 4. The van der Waals surface area contributed by atoms with E-state index in [9.17, 15) is 12.8 Å². The number of rotatable bonds is 5. The summed E-state index contributed by atoms with van der Waals surface area (Å²) >= 11 is 0. The Labute approximate surface area is 143 Å². The topological polar surface area (TPSA) is 73.8 Å². The molecule has 1 atom stereocenters. The van der Waals surface area contributed by atoms with Crippen LogP contribution in [0.5, 0.6) is 0 Å². The zero-order valence-corrected chi connectivity index (χ0v) is 15.2. The highest BCUT2D eigenvalue weighted by Crippen LogP contribution is 2.18. The molecule has 0 spiro atoms. The number of nitrogens with zero attached hydrogens (tertiary/aromatic N) is 2. The van der Waals surface area contributed by atoms with Crippen molar-refractivity contribution in [1.82, 2.24) is 10.6 Å². The van der Waals surface area contributed by atoms with Gasteiger partial charge < -0.3 is 15.5 Å². The molecule has 1 aromatic rings. The molecule has 0 aliphatic carbocycles. The Balaban J connectivity index is 2.04. The summed E-state index contributed by atoms with van der Waals surface area (Å²) in [5, 5.41) is 6.24. The second-order valence-electron chi connectivity index (χ2n) is 6.12. The standard InChI is InChI=1S/C16H25FN4O2S/c1-4-18-16(20-13-7-8-24(22,23)11-13)19-10-12-5-6-15(21(2)3)14(17)9-12/h5-6,9,13H,4,7-8,10-11H2,1-3H3,(H2,18,19,20). The molecule has 24 heavy (non-hydrogen) atoms. The van der Waals surface area contributed by atoms with E-state index < -0.39 is 9.84 Å². The Morgan fingerprint density at radius 1 is 1.42 bits per heavy atom. The van der Waals surface area contributed by atoms with Gasteiger partial charge in [-0.25, -0.2) is 17.8 Å². The van der Waals surface area contributed by atoms with Gasteiger partial charge in [0.05, 0.1) is 23.7 Å². The molecule has 1 aliphatic rings. The lowest BCUT2D eigenvalue weighted by atomic mass is 10.2. The fourth-order valence-electron chi connectivity index (χ4n) is 2.60. The molecule has 0 bridgehead atoms. The Kier molecular flexibility index (Phi) is 6.04. The normalized spacial score (nSPS) is 20.0. The van der Waals surface area contributed by atoms with Gasteiger partial charge in [0.15, 0.2) is 15.8 Å². The number of guanidine groups is 1.